The van der Waals surface area contributed by atoms with Gasteiger partial charge in [0, 0.05) is 6.92 Å². The Morgan fingerprint density at radius 1 is 1.00 bits per heavy atom. The van der Waals surface area contributed by atoms with Gasteiger partial charge in [-0.25, -0.2) is 0 Å². The molecule has 0 aliphatic carbocycles. The van der Waals surface area contributed by atoms with Crippen molar-refractivity contribution in [1.29, 1.82) is 0 Å². The van der Waals surface area contributed by atoms with Gasteiger partial charge in [-0.05, 0) is 11.1 Å². The summed E-state index contributed by atoms with van der Waals surface area (Å²) in [4.78, 5) is 11.8. The number of nitrogens with one attached hydrogen (secondary N) is 1. The number of carbonyl (C=O) groups is 1. The fourth-order valence-corrected chi connectivity index (χ4v) is 3.32. The third-order valence-electron chi connectivity index (χ3n) is 4.77. The van der Waals surface area contributed by atoms with Crippen LogP contribution < -0.4 is 5.32 Å². The first kappa shape index (κ1) is 21.4. The van der Waals surface area contributed by atoms with Gasteiger partial charge in [0.25, 0.3) is 0 Å². The Hall–Kier alpha value is -2.29. The molecule has 3 rings (SSSR count). The molecule has 156 valence electrons. The van der Waals surface area contributed by atoms with Crippen LogP contribution in [0.1, 0.15) is 18.1 Å². The highest BCUT2D eigenvalue weighted by atomic mass is 16.7. The van der Waals surface area contributed by atoms with Crippen LogP contribution in [0.25, 0.3) is 0 Å². The normalized spacial score (nSPS) is 26.8. The first-order chi connectivity index (χ1) is 14.1. The average Bonchev–Trinajstić information content (AvgIpc) is 2.74. The second-order valence-electron chi connectivity index (χ2n) is 7.00. The van der Waals surface area contributed by atoms with Crippen molar-refractivity contribution in [2.45, 2.75) is 50.8 Å². The maximum absolute atomic E-state index is 11.8. The van der Waals surface area contributed by atoms with Crippen LogP contribution in [-0.2, 0) is 32.2 Å². The standard InChI is InChI=1S/C22H27NO6/c1-15(25)23-19-21(27-13-16-8-4-2-5-9-16)20(26)18(12-24)29-22(19)28-14-17-10-6-3-7-11-17/h2-11,18-22,24,26H,12-14H2,1H3,(H,23,25)/t18?,19?,20?,21?,22-/m1/s1. The molecule has 2 aromatic rings. The maximum atomic E-state index is 11.8. The van der Waals surface area contributed by atoms with Crippen LogP contribution in [0.5, 0.6) is 0 Å². The van der Waals surface area contributed by atoms with E-state index in [9.17, 15) is 15.0 Å². The predicted octanol–water partition coefficient (Wildman–Crippen LogP) is 1.37. The summed E-state index contributed by atoms with van der Waals surface area (Å²) in [6, 6.07) is 18.3. The molecular formula is C22H27NO6. The van der Waals surface area contributed by atoms with E-state index in [1.165, 1.54) is 6.92 Å². The van der Waals surface area contributed by atoms with E-state index in [1.54, 1.807) is 0 Å². The highest BCUT2D eigenvalue weighted by Gasteiger charge is 2.46. The highest BCUT2D eigenvalue weighted by molar-refractivity contribution is 5.73. The summed E-state index contributed by atoms with van der Waals surface area (Å²) in [6.45, 7) is 1.47. The smallest absolute Gasteiger partial charge is 0.217 e. The van der Waals surface area contributed by atoms with E-state index in [1.807, 2.05) is 60.7 Å². The van der Waals surface area contributed by atoms with E-state index < -0.39 is 37.3 Å². The van der Waals surface area contributed by atoms with Crippen LogP contribution in [0.3, 0.4) is 0 Å². The monoisotopic (exact) mass is 401 g/mol. The molecule has 1 heterocycles. The third kappa shape index (κ3) is 5.85. The molecule has 1 amide bonds. The van der Waals surface area contributed by atoms with Crippen molar-refractivity contribution < 1.29 is 29.2 Å². The summed E-state index contributed by atoms with van der Waals surface area (Å²) in [7, 11) is 0. The first-order valence-electron chi connectivity index (χ1n) is 9.61. The van der Waals surface area contributed by atoms with Gasteiger partial charge in [0.2, 0.25) is 5.91 Å². The summed E-state index contributed by atoms with van der Waals surface area (Å²) in [6.07, 6.45) is -3.72. The van der Waals surface area contributed by atoms with Gasteiger partial charge in [0.05, 0.1) is 19.8 Å². The summed E-state index contributed by atoms with van der Waals surface area (Å²) in [5, 5.41) is 23.1. The summed E-state index contributed by atoms with van der Waals surface area (Å²) in [5.74, 6) is -0.296. The molecule has 0 radical (unpaired) electrons. The maximum Gasteiger partial charge on any atom is 0.217 e. The Morgan fingerprint density at radius 3 is 2.07 bits per heavy atom. The highest BCUT2D eigenvalue weighted by Crippen LogP contribution is 2.26. The molecule has 0 saturated carbocycles. The Morgan fingerprint density at radius 2 is 1.55 bits per heavy atom. The van der Waals surface area contributed by atoms with E-state index in [-0.39, 0.29) is 19.1 Å². The topological polar surface area (TPSA) is 97.3 Å². The Labute approximate surface area is 170 Å². The minimum Gasteiger partial charge on any atom is -0.394 e. The average molecular weight is 401 g/mol. The fraction of sp³-hybridized carbons (Fsp3) is 0.409. The lowest BCUT2D eigenvalue weighted by atomic mass is 9.96. The molecule has 4 unspecified atom stereocenters. The predicted molar refractivity (Wildman–Crippen MR) is 106 cm³/mol. The summed E-state index contributed by atoms with van der Waals surface area (Å²) >= 11 is 0. The van der Waals surface area contributed by atoms with Crippen molar-refractivity contribution in [3.8, 4) is 0 Å². The second kappa shape index (κ2) is 10.5. The minimum absolute atomic E-state index is 0.238. The van der Waals surface area contributed by atoms with Gasteiger partial charge in [0.15, 0.2) is 6.29 Å². The molecule has 0 aromatic heterocycles. The van der Waals surface area contributed by atoms with Crippen LogP contribution in [0, 0.1) is 0 Å². The van der Waals surface area contributed by atoms with Crippen molar-refractivity contribution in [3.05, 3.63) is 71.8 Å². The van der Waals surface area contributed by atoms with Crippen LogP contribution in [0.15, 0.2) is 60.7 Å². The van der Waals surface area contributed by atoms with Crippen molar-refractivity contribution in [3.63, 3.8) is 0 Å². The molecule has 1 aliphatic rings. The second-order valence-corrected chi connectivity index (χ2v) is 7.00. The zero-order valence-electron chi connectivity index (χ0n) is 16.3. The third-order valence-corrected chi connectivity index (χ3v) is 4.77. The molecule has 7 heteroatoms. The number of ether oxygens (including phenoxy) is 3. The largest absolute Gasteiger partial charge is 0.394 e. The number of benzene rings is 2. The van der Waals surface area contributed by atoms with Crippen LogP contribution in [-0.4, -0.2) is 53.4 Å². The van der Waals surface area contributed by atoms with Gasteiger partial charge >= 0.3 is 0 Å². The van der Waals surface area contributed by atoms with Gasteiger partial charge in [0.1, 0.15) is 24.4 Å². The molecule has 7 nitrogen and oxygen atoms in total. The lowest BCUT2D eigenvalue weighted by Gasteiger charge is -2.44. The minimum atomic E-state index is -1.13. The van der Waals surface area contributed by atoms with Gasteiger partial charge in [-0.3, -0.25) is 4.79 Å². The number of hydrogen-bond donors (Lipinski definition) is 3. The summed E-state index contributed by atoms with van der Waals surface area (Å²) in [5.41, 5.74) is 1.86. The van der Waals surface area contributed by atoms with Crippen LogP contribution in [0.4, 0.5) is 0 Å². The molecule has 1 aliphatic heterocycles. The first-order valence-corrected chi connectivity index (χ1v) is 9.61. The Balaban J connectivity index is 1.76. The number of rotatable bonds is 8. The SMILES string of the molecule is CC(=O)NC1C(OCc2ccccc2)C(O)C(CO)O[C@H]1OCc1ccccc1. The van der Waals surface area contributed by atoms with E-state index in [0.717, 1.165) is 11.1 Å². The zero-order chi connectivity index (χ0) is 20.6. The molecule has 3 N–H and O–H groups in total. The molecule has 0 spiro atoms. The number of carbonyl (C=O) groups excluding carboxylic acids is 1. The van der Waals surface area contributed by atoms with Crippen LogP contribution in [0.2, 0.25) is 0 Å². The van der Waals surface area contributed by atoms with Crippen molar-refractivity contribution in [1.82, 2.24) is 5.32 Å². The molecule has 1 saturated heterocycles. The van der Waals surface area contributed by atoms with Gasteiger partial charge in [-0.1, -0.05) is 60.7 Å². The van der Waals surface area contributed by atoms with E-state index in [4.69, 9.17) is 14.2 Å². The van der Waals surface area contributed by atoms with Gasteiger partial charge in [-0.2, -0.15) is 0 Å². The Bertz CT molecular complexity index is 756. The van der Waals surface area contributed by atoms with Crippen LogP contribution >= 0.6 is 0 Å². The van der Waals surface area contributed by atoms with Crippen molar-refractivity contribution in [2.24, 2.45) is 0 Å². The molecule has 0 bridgehead atoms. The lowest BCUT2D eigenvalue weighted by Crippen LogP contribution is -2.65. The van der Waals surface area contributed by atoms with E-state index in [2.05, 4.69) is 5.32 Å². The van der Waals surface area contributed by atoms with E-state index in [0.29, 0.717) is 0 Å². The fourth-order valence-electron chi connectivity index (χ4n) is 3.32. The lowest BCUT2D eigenvalue weighted by molar-refractivity contribution is -0.281. The number of amides is 1. The Kier molecular flexibility index (Phi) is 7.74. The molecule has 2 aromatic carbocycles. The number of aliphatic hydroxyl groups excluding tert-OH is 2. The number of aliphatic hydroxyl groups is 2. The number of hydrogen-bond acceptors (Lipinski definition) is 6. The van der Waals surface area contributed by atoms with E-state index >= 15 is 0 Å². The van der Waals surface area contributed by atoms with Crippen molar-refractivity contribution >= 4 is 5.91 Å². The van der Waals surface area contributed by atoms with Crippen molar-refractivity contribution in [2.75, 3.05) is 6.61 Å². The quantitative estimate of drug-likeness (QED) is 0.618. The molecular weight excluding hydrogens is 374 g/mol. The molecule has 1 fully saturated rings. The van der Waals surface area contributed by atoms with Gasteiger partial charge in [-0.15, -0.1) is 0 Å². The summed E-state index contributed by atoms with van der Waals surface area (Å²) < 4.78 is 17.6. The molecule has 29 heavy (non-hydrogen) atoms. The zero-order valence-corrected chi connectivity index (χ0v) is 16.3. The molecule has 5 atom stereocenters. The van der Waals surface area contributed by atoms with Gasteiger partial charge < -0.3 is 29.7 Å².